The van der Waals surface area contributed by atoms with Gasteiger partial charge in [0.05, 0.1) is 51.8 Å². The summed E-state index contributed by atoms with van der Waals surface area (Å²) in [5.74, 6) is -2.96. The van der Waals surface area contributed by atoms with Gasteiger partial charge in [0.25, 0.3) is 11.4 Å². The number of hydrogen-bond donors (Lipinski definition) is 3. The Labute approximate surface area is 307 Å². The van der Waals surface area contributed by atoms with E-state index in [1.807, 2.05) is 0 Å². The highest BCUT2D eigenvalue weighted by molar-refractivity contribution is 5.91. The SMILES string of the molecule is CC[C@H](OC(=O)c1cc([N+](=O)[O-])cc([N+](=O)[O-])c1)[C@@H](C)[C@H]1O[C@@H]1C[C@@](C)(O)/C=C/C=C(\C)[C@H]1OC(=O)C[C@H](O)CC[C@@](C)(O)[C@@H](OC(C)=O)/C=C/[C@@H]1C. The lowest BCUT2D eigenvalue weighted by molar-refractivity contribution is -0.394. The van der Waals surface area contributed by atoms with Crippen LogP contribution in [-0.2, 0) is 28.5 Å². The first-order valence-corrected chi connectivity index (χ1v) is 17.5. The summed E-state index contributed by atoms with van der Waals surface area (Å²) in [6, 6.07) is 2.60. The highest BCUT2D eigenvalue weighted by atomic mass is 16.6. The Bertz CT molecular complexity index is 1580. The van der Waals surface area contributed by atoms with Gasteiger partial charge in [-0.05, 0) is 51.7 Å². The van der Waals surface area contributed by atoms with Crippen LogP contribution in [-0.4, -0.2) is 90.9 Å². The number of aliphatic hydroxyl groups excluding tert-OH is 1. The lowest BCUT2D eigenvalue weighted by atomic mass is 9.88. The molecule has 0 unspecified atom stereocenters. The van der Waals surface area contributed by atoms with Crippen LogP contribution in [0.2, 0.25) is 0 Å². The van der Waals surface area contributed by atoms with E-state index in [0.717, 1.165) is 18.2 Å². The minimum absolute atomic E-state index is 0.0701. The molecule has 1 aromatic carbocycles. The Kier molecular flexibility index (Phi) is 14.6. The zero-order valence-electron chi connectivity index (χ0n) is 31.0. The minimum Gasteiger partial charge on any atom is -0.458 e. The number of ether oxygens (including phenoxy) is 4. The number of aliphatic hydroxyl groups is 3. The summed E-state index contributed by atoms with van der Waals surface area (Å²) < 4.78 is 22.6. The maximum atomic E-state index is 12.9. The fourth-order valence-electron chi connectivity index (χ4n) is 6.29. The van der Waals surface area contributed by atoms with Crippen molar-refractivity contribution < 1.29 is 58.5 Å². The third kappa shape index (κ3) is 12.6. The number of cyclic esters (lactones) is 1. The van der Waals surface area contributed by atoms with Gasteiger partial charge in [0.15, 0.2) is 0 Å². The van der Waals surface area contributed by atoms with Crippen LogP contribution < -0.4 is 0 Å². The van der Waals surface area contributed by atoms with Gasteiger partial charge in [0, 0.05) is 37.3 Å². The predicted octanol–water partition coefficient (Wildman–Crippen LogP) is 4.82. The molecule has 0 saturated carbocycles. The van der Waals surface area contributed by atoms with E-state index >= 15 is 0 Å². The van der Waals surface area contributed by atoms with Gasteiger partial charge in [0.2, 0.25) is 0 Å². The maximum Gasteiger partial charge on any atom is 0.338 e. The lowest BCUT2D eigenvalue weighted by Gasteiger charge is -2.32. The normalized spacial score (nSPS) is 29.7. The number of esters is 3. The number of allylic oxidation sites excluding steroid dienone is 2. The van der Waals surface area contributed by atoms with Crippen LogP contribution >= 0.6 is 0 Å². The molecule has 0 aliphatic carbocycles. The molecule has 16 nitrogen and oxygen atoms in total. The molecule has 1 saturated heterocycles. The molecule has 16 heteroatoms. The third-order valence-corrected chi connectivity index (χ3v) is 9.44. The van der Waals surface area contributed by atoms with E-state index < -0.39 is 86.8 Å². The van der Waals surface area contributed by atoms with Crippen molar-refractivity contribution in [3.8, 4) is 0 Å². The molecule has 3 rings (SSSR count). The number of nitrogens with zero attached hydrogens (tertiary/aromatic N) is 2. The van der Waals surface area contributed by atoms with Gasteiger partial charge >= 0.3 is 17.9 Å². The van der Waals surface area contributed by atoms with Gasteiger partial charge in [-0.2, -0.15) is 0 Å². The van der Waals surface area contributed by atoms with Crippen molar-refractivity contribution in [1.82, 2.24) is 0 Å². The number of rotatable bonds is 13. The average molecular weight is 747 g/mol. The second kappa shape index (κ2) is 18.0. The number of epoxide rings is 1. The van der Waals surface area contributed by atoms with E-state index in [2.05, 4.69) is 0 Å². The molecule has 1 fully saturated rings. The second-order valence-electron chi connectivity index (χ2n) is 14.4. The summed E-state index contributed by atoms with van der Waals surface area (Å²) in [7, 11) is 0. The van der Waals surface area contributed by atoms with Crippen molar-refractivity contribution in [3.05, 3.63) is 79.9 Å². The van der Waals surface area contributed by atoms with Crippen LogP contribution in [0.3, 0.4) is 0 Å². The minimum atomic E-state index is -1.50. The highest BCUT2D eigenvalue weighted by Gasteiger charge is 2.48. The fraction of sp³-hybridized carbons (Fsp3) is 0.595. The molecule has 0 aromatic heterocycles. The van der Waals surface area contributed by atoms with Gasteiger partial charge < -0.3 is 34.3 Å². The zero-order valence-corrected chi connectivity index (χ0v) is 31.0. The summed E-state index contributed by atoms with van der Waals surface area (Å²) in [5.41, 5.74) is -3.79. The Balaban J connectivity index is 1.69. The van der Waals surface area contributed by atoms with Crippen molar-refractivity contribution in [2.75, 3.05) is 0 Å². The van der Waals surface area contributed by atoms with Crippen LogP contribution in [0.4, 0.5) is 11.4 Å². The van der Waals surface area contributed by atoms with Crippen molar-refractivity contribution in [2.24, 2.45) is 11.8 Å². The molecule has 1 aromatic rings. The van der Waals surface area contributed by atoms with E-state index in [1.165, 1.54) is 13.8 Å². The Hall–Kier alpha value is -4.51. The van der Waals surface area contributed by atoms with Crippen LogP contribution in [0.15, 0.2) is 54.2 Å². The number of nitro benzene ring substituents is 2. The van der Waals surface area contributed by atoms with Gasteiger partial charge in [-0.1, -0.05) is 45.1 Å². The smallest absolute Gasteiger partial charge is 0.338 e. The largest absolute Gasteiger partial charge is 0.458 e. The van der Waals surface area contributed by atoms with E-state index in [-0.39, 0.29) is 43.3 Å². The molecule has 53 heavy (non-hydrogen) atoms. The van der Waals surface area contributed by atoms with Crippen LogP contribution in [0.25, 0.3) is 0 Å². The predicted molar refractivity (Wildman–Crippen MR) is 189 cm³/mol. The van der Waals surface area contributed by atoms with E-state index in [0.29, 0.717) is 12.0 Å². The quantitative estimate of drug-likeness (QED) is 0.0467. The number of carbonyl (C=O) groups is 3. The number of carbonyl (C=O) groups excluding carboxylic acids is 3. The van der Waals surface area contributed by atoms with Gasteiger partial charge in [-0.15, -0.1) is 0 Å². The number of hydrogen-bond acceptors (Lipinski definition) is 14. The van der Waals surface area contributed by atoms with Gasteiger partial charge in [0.1, 0.15) is 23.9 Å². The monoisotopic (exact) mass is 746 g/mol. The Morgan fingerprint density at radius 2 is 1.77 bits per heavy atom. The fourth-order valence-corrected chi connectivity index (χ4v) is 6.29. The standard InChI is InChI=1S/C37H50N2O14/c1-8-29(52-35(43)25-16-26(38(46)47)18-27(17-25)39(48)49)23(4)34-30(51-34)20-36(6,44)14-9-10-21(2)33-22(3)11-12-31(50-24(5)40)37(7,45)15-13-28(41)19-32(42)53-33/h9-12,14,16-18,22-23,28-31,33-34,41,44-45H,8,13,15,19-20H2,1-7H3/b12-11+,14-9+,21-10+/t22-,23+,28+,29-,30+,31-,33+,34+,36-,37+/m0/s1. The van der Waals surface area contributed by atoms with Crippen molar-refractivity contribution in [1.29, 1.82) is 0 Å². The molecule has 2 aliphatic rings. The maximum absolute atomic E-state index is 12.9. The molecule has 0 spiro atoms. The Morgan fingerprint density at radius 3 is 2.34 bits per heavy atom. The zero-order chi connectivity index (χ0) is 39.8. The first-order chi connectivity index (χ1) is 24.6. The van der Waals surface area contributed by atoms with Crippen molar-refractivity contribution in [3.63, 3.8) is 0 Å². The summed E-state index contributed by atoms with van der Waals surface area (Å²) in [4.78, 5) is 58.2. The van der Waals surface area contributed by atoms with Gasteiger partial charge in [-0.3, -0.25) is 29.8 Å². The molecule has 0 amide bonds. The molecule has 10 atom stereocenters. The summed E-state index contributed by atoms with van der Waals surface area (Å²) in [6.07, 6.45) is 4.12. The number of nitro groups is 2. The highest BCUT2D eigenvalue weighted by Crippen LogP contribution is 2.39. The second-order valence-corrected chi connectivity index (χ2v) is 14.4. The Morgan fingerprint density at radius 1 is 1.15 bits per heavy atom. The van der Waals surface area contributed by atoms with Crippen LogP contribution in [0, 0.1) is 32.1 Å². The topological polar surface area (TPSA) is 238 Å². The van der Waals surface area contributed by atoms with E-state index in [9.17, 15) is 49.9 Å². The first kappa shape index (κ1) is 42.9. The number of benzene rings is 1. The molecule has 2 aliphatic heterocycles. The molecule has 0 radical (unpaired) electrons. The molecule has 2 heterocycles. The molecular weight excluding hydrogens is 696 g/mol. The molecule has 0 bridgehead atoms. The van der Waals surface area contributed by atoms with Gasteiger partial charge in [-0.25, -0.2) is 4.79 Å². The summed E-state index contributed by atoms with van der Waals surface area (Å²) in [6.45, 7) is 11.4. The first-order valence-electron chi connectivity index (χ1n) is 17.5. The van der Waals surface area contributed by atoms with Crippen molar-refractivity contribution >= 4 is 29.3 Å². The molecule has 292 valence electrons. The molecule has 3 N–H and O–H groups in total. The summed E-state index contributed by atoms with van der Waals surface area (Å²) >= 11 is 0. The molecular formula is C37H50N2O14. The van der Waals surface area contributed by atoms with Crippen LogP contribution in [0.5, 0.6) is 0 Å². The third-order valence-electron chi connectivity index (χ3n) is 9.44. The van der Waals surface area contributed by atoms with E-state index in [4.69, 9.17) is 18.9 Å². The average Bonchev–Trinajstić information content (AvgIpc) is 3.83. The summed E-state index contributed by atoms with van der Waals surface area (Å²) in [5, 5.41) is 55.1. The van der Waals surface area contributed by atoms with Crippen LogP contribution in [0.1, 0.15) is 90.9 Å². The van der Waals surface area contributed by atoms with Crippen molar-refractivity contribution in [2.45, 2.75) is 128 Å². The van der Waals surface area contributed by atoms with E-state index in [1.54, 1.807) is 65.0 Å². The lowest BCUT2D eigenvalue weighted by Crippen LogP contribution is -2.42. The number of non-ortho nitro benzene ring substituents is 2.